The Morgan fingerprint density at radius 2 is 0.897 bits per heavy atom. The number of aliphatic hydroxyl groups is 2. The molecule has 20 heteroatoms. The zero-order chi connectivity index (χ0) is 48.3. The van der Waals surface area contributed by atoms with E-state index in [0.29, 0.717) is 45.0 Å². The number of benzene rings is 4. The van der Waals surface area contributed by atoms with Gasteiger partial charge in [0.1, 0.15) is 23.0 Å². The number of carboxylic acids is 2. The van der Waals surface area contributed by atoms with Gasteiger partial charge in [-0.3, -0.25) is 9.13 Å². The van der Waals surface area contributed by atoms with Gasteiger partial charge < -0.3 is 39.8 Å². The molecule has 344 valence electrons. The van der Waals surface area contributed by atoms with Crippen LogP contribution in [0.2, 0.25) is 0 Å². The Morgan fingerprint density at radius 3 is 1.18 bits per heavy atom. The number of carbonyl (C=O) groups excluding carboxylic acids is 2. The average Bonchev–Trinajstić information content (AvgIpc) is 3.83. The van der Waals surface area contributed by atoms with E-state index in [1.807, 2.05) is 88.4 Å². The molecule has 2 aromatic heterocycles. The van der Waals surface area contributed by atoms with Crippen molar-refractivity contribution >= 4 is 26.7 Å². The maximum atomic E-state index is 13.5. The summed E-state index contributed by atoms with van der Waals surface area (Å²) in [4.78, 5) is 41.8. The second kappa shape index (κ2) is 25.4. The van der Waals surface area contributed by atoms with Gasteiger partial charge in [-0.1, -0.05) is 75.9 Å². The Balaban J connectivity index is 0.000000350. The number of nitrogens with zero attached hydrogens (tertiary/aromatic N) is 4. The van der Waals surface area contributed by atoms with Crippen LogP contribution in [0.3, 0.4) is 0 Å². The molecule has 0 bridgehead atoms. The SMILES string of the molecule is CC(C)c1c(C#CP(=O)(O)C[C@@H](O)CC(=O)[O-])c(-c2ccc(F)cc2)nn1-c1ccccc1.CC(C)c1c(C#CP(=O)(O)C[C@@H](O)CC(=O)[O-])c(-c2ccc(F)cc2)nn1-c1ccccc1.[Li+].[Li+]. The van der Waals surface area contributed by atoms with Crippen molar-refractivity contribution in [2.45, 2.75) is 64.6 Å². The normalized spacial score (nSPS) is 13.4. The molecule has 14 nitrogen and oxygen atoms in total. The smallest absolute Gasteiger partial charge is 0.550 e. The monoisotopic (exact) mass is 952 g/mol. The fraction of sp³-hybridized carbons (Fsp3) is 0.250. The first-order valence-corrected chi connectivity index (χ1v) is 24.2. The molecule has 0 fully saturated rings. The zero-order valence-corrected chi connectivity index (χ0v) is 40.0. The first-order valence-electron chi connectivity index (χ1n) is 20.5. The number of aromatic nitrogens is 4. The molecule has 4 atom stereocenters. The number of carbonyl (C=O) groups is 2. The van der Waals surface area contributed by atoms with Crippen LogP contribution in [0.25, 0.3) is 33.9 Å². The first kappa shape index (κ1) is 57.0. The van der Waals surface area contributed by atoms with Crippen LogP contribution in [0.4, 0.5) is 8.78 Å². The van der Waals surface area contributed by atoms with Crippen molar-refractivity contribution in [2.24, 2.45) is 0 Å². The number of rotatable bonds is 14. The summed E-state index contributed by atoms with van der Waals surface area (Å²) in [7, 11) is -8.40. The van der Waals surface area contributed by atoms with Gasteiger partial charge in [-0.15, -0.1) is 0 Å². The number of aliphatic carboxylic acids is 2. The minimum atomic E-state index is -4.20. The van der Waals surface area contributed by atoms with Crippen molar-refractivity contribution in [1.82, 2.24) is 19.6 Å². The molecule has 68 heavy (non-hydrogen) atoms. The molecule has 0 aliphatic heterocycles. The molecule has 4 aromatic carbocycles. The summed E-state index contributed by atoms with van der Waals surface area (Å²) < 4.78 is 55.5. The zero-order valence-electron chi connectivity index (χ0n) is 38.2. The van der Waals surface area contributed by atoms with Gasteiger partial charge in [0.15, 0.2) is 0 Å². The van der Waals surface area contributed by atoms with Crippen molar-refractivity contribution < 1.29 is 95.4 Å². The second-order valence-electron chi connectivity index (χ2n) is 15.7. The molecule has 0 radical (unpaired) electrons. The average molecular weight is 953 g/mol. The van der Waals surface area contributed by atoms with E-state index < -0.39 is 75.7 Å². The van der Waals surface area contributed by atoms with E-state index in [1.54, 1.807) is 33.6 Å². The van der Waals surface area contributed by atoms with E-state index in [-0.39, 0.29) is 49.6 Å². The number of hydrogen-bond donors (Lipinski definition) is 4. The van der Waals surface area contributed by atoms with Crippen LogP contribution in [-0.2, 0) is 18.7 Å². The molecule has 2 heterocycles. The van der Waals surface area contributed by atoms with Gasteiger partial charge in [0.25, 0.3) is 14.7 Å². The van der Waals surface area contributed by atoms with Crippen LogP contribution in [0.1, 0.15) is 74.9 Å². The Morgan fingerprint density at radius 1 is 0.588 bits per heavy atom. The van der Waals surface area contributed by atoms with E-state index in [2.05, 4.69) is 33.4 Å². The Bertz CT molecular complexity index is 2700. The molecule has 2 unspecified atom stereocenters. The Labute approximate surface area is 416 Å². The van der Waals surface area contributed by atoms with Crippen LogP contribution >= 0.6 is 14.7 Å². The van der Waals surface area contributed by atoms with Gasteiger partial charge in [0.2, 0.25) is 0 Å². The minimum absolute atomic E-state index is 0. The van der Waals surface area contributed by atoms with Gasteiger partial charge in [-0.2, -0.15) is 10.2 Å². The summed E-state index contributed by atoms with van der Waals surface area (Å²) in [6, 6.07) is 29.9. The van der Waals surface area contributed by atoms with Crippen LogP contribution in [0.15, 0.2) is 109 Å². The van der Waals surface area contributed by atoms with Crippen LogP contribution in [0.5, 0.6) is 0 Å². The molecule has 0 amide bonds. The summed E-state index contributed by atoms with van der Waals surface area (Å²) in [6.07, 6.45) is -6.07. The van der Waals surface area contributed by atoms with E-state index in [1.165, 1.54) is 24.3 Å². The third kappa shape index (κ3) is 15.9. The van der Waals surface area contributed by atoms with E-state index in [0.717, 1.165) is 11.4 Å². The number of carboxylic acid groups (broad SMARTS) is 2. The topological polar surface area (TPSA) is 231 Å². The van der Waals surface area contributed by atoms with Crippen molar-refractivity contribution in [3.8, 4) is 57.1 Å². The molecular formula is C48H46F2Li2N4O10P2. The van der Waals surface area contributed by atoms with Crippen molar-refractivity contribution in [1.29, 1.82) is 0 Å². The van der Waals surface area contributed by atoms with Crippen molar-refractivity contribution in [3.63, 3.8) is 0 Å². The predicted molar refractivity (Wildman–Crippen MR) is 240 cm³/mol. The van der Waals surface area contributed by atoms with Crippen LogP contribution in [-0.4, -0.2) is 76.0 Å². The molecule has 0 saturated heterocycles. The standard InChI is InChI=1S/2C24H24FN2O5P.2Li/c2*1-16(2)24-21(12-13-33(31,32)15-20(28)14-22(29)30)23(17-8-10-18(25)11-9-17)26-27(24)19-6-4-3-5-7-19;;/h2*3-11,16,20,28H,14-15H2,1-2H3,(H,29,30)(H,31,32);;/q;;2*+1/p-2/t2*20-;;/m00../s1. The summed E-state index contributed by atoms with van der Waals surface area (Å²) in [6.45, 7) is 7.72. The van der Waals surface area contributed by atoms with Gasteiger partial charge in [-0.05, 0) is 96.0 Å². The molecule has 6 rings (SSSR count). The fourth-order valence-electron chi connectivity index (χ4n) is 6.79. The summed E-state index contributed by atoms with van der Waals surface area (Å²) in [5.41, 5.74) is 10.3. The second-order valence-corrected chi connectivity index (χ2v) is 19.7. The summed E-state index contributed by atoms with van der Waals surface area (Å²) in [5, 5.41) is 50.1. The largest absolute Gasteiger partial charge is 1.00 e. The number of para-hydroxylation sites is 2. The fourth-order valence-corrected chi connectivity index (χ4v) is 8.95. The predicted octanol–water partition coefficient (Wildman–Crippen LogP) is -0.228. The van der Waals surface area contributed by atoms with Gasteiger partial charge in [0, 0.05) is 35.9 Å². The van der Waals surface area contributed by atoms with E-state index in [9.17, 15) is 57.7 Å². The molecule has 0 aliphatic rings. The molecule has 0 aliphatic carbocycles. The summed E-state index contributed by atoms with van der Waals surface area (Å²) >= 11 is 0. The Kier molecular flexibility index (Phi) is 21.3. The Hall–Kier alpha value is -5.29. The molecular weight excluding hydrogens is 906 g/mol. The molecule has 0 spiro atoms. The number of hydrogen-bond acceptors (Lipinski definition) is 10. The molecule has 0 saturated carbocycles. The van der Waals surface area contributed by atoms with Crippen LogP contribution in [0, 0.1) is 34.8 Å². The van der Waals surface area contributed by atoms with E-state index >= 15 is 0 Å². The van der Waals surface area contributed by atoms with Crippen LogP contribution < -0.4 is 47.9 Å². The maximum absolute atomic E-state index is 13.5. The van der Waals surface area contributed by atoms with Gasteiger partial charge >= 0.3 is 37.7 Å². The summed E-state index contributed by atoms with van der Waals surface area (Å²) in [5.74, 6) is 1.44. The third-order valence-corrected chi connectivity index (χ3v) is 12.4. The minimum Gasteiger partial charge on any atom is -0.550 e. The molecule has 6 aromatic rings. The van der Waals surface area contributed by atoms with E-state index in [4.69, 9.17) is 0 Å². The first-order chi connectivity index (χ1) is 31.1. The maximum Gasteiger partial charge on any atom is 1.00 e. The van der Waals surface area contributed by atoms with Crippen molar-refractivity contribution in [2.75, 3.05) is 12.3 Å². The number of aliphatic hydroxyl groups excluding tert-OH is 2. The van der Waals surface area contributed by atoms with Crippen molar-refractivity contribution in [3.05, 3.63) is 143 Å². The quantitative estimate of drug-likeness (QED) is 0.0631. The number of halogens is 2. The van der Waals surface area contributed by atoms with Gasteiger partial charge in [0.05, 0.1) is 58.4 Å². The third-order valence-electron chi connectivity index (χ3n) is 9.61. The van der Waals surface area contributed by atoms with Gasteiger partial charge in [-0.25, -0.2) is 18.1 Å². The molecule has 4 N–H and O–H groups in total.